The van der Waals surface area contributed by atoms with Crippen LogP contribution in [0, 0.1) is 13.8 Å². The van der Waals surface area contributed by atoms with E-state index in [9.17, 15) is 4.79 Å². The summed E-state index contributed by atoms with van der Waals surface area (Å²) < 4.78 is 2.31. The number of hydrogen-bond acceptors (Lipinski definition) is 1. The molecule has 104 valence electrons. The van der Waals surface area contributed by atoms with Crippen molar-refractivity contribution >= 4 is 11.6 Å². The number of aromatic nitrogens is 1. The van der Waals surface area contributed by atoms with Gasteiger partial charge in [-0.3, -0.25) is 4.79 Å². The Morgan fingerprint density at radius 1 is 1.20 bits per heavy atom. The summed E-state index contributed by atoms with van der Waals surface area (Å²) in [5.74, 6) is 0.0659. The number of nitrogens with zero attached hydrogens (tertiary/aromatic N) is 2. The Labute approximate surface area is 119 Å². The highest BCUT2D eigenvalue weighted by molar-refractivity contribution is 6.06. The smallest absolute Gasteiger partial charge is 0.259 e. The van der Waals surface area contributed by atoms with Crippen LogP contribution in [0.4, 0.5) is 5.69 Å². The second-order valence-electron chi connectivity index (χ2n) is 5.59. The molecule has 0 saturated heterocycles. The summed E-state index contributed by atoms with van der Waals surface area (Å²) >= 11 is 0. The summed E-state index contributed by atoms with van der Waals surface area (Å²) in [7, 11) is 1.83. The third-order valence-corrected chi connectivity index (χ3v) is 4.07. The average Bonchev–Trinajstić information content (AvgIpc) is 3.24. The van der Waals surface area contributed by atoms with E-state index < -0.39 is 0 Å². The topological polar surface area (TPSA) is 25.2 Å². The minimum atomic E-state index is 0.0659. The third kappa shape index (κ3) is 2.13. The van der Waals surface area contributed by atoms with Gasteiger partial charge in [-0.05, 0) is 44.9 Å². The van der Waals surface area contributed by atoms with Crippen LogP contribution in [0.1, 0.15) is 40.6 Å². The lowest BCUT2D eigenvalue weighted by molar-refractivity contribution is 0.0992. The fourth-order valence-corrected chi connectivity index (χ4v) is 2.84. The second kappa shape index (κ2) is 4.82. The number of carbonyl (C=O) groups is 1. The van der Waals surface area contributed by atoms with Crippen molar-refractivity contribution in [2.24, 2.45) is 0 Å². The fraction of sp³-hybridized carbons (Fsp3) is 0.353. The van der Waals surface area contributed by atoms with Crippen molar-refractivity contribution < 1.29 is 4.79 Å². The Morgan fingerprint density at radius 2 is 1.85 bits per heavy atom. The number of benzene rings is 1. The first-order chi connectivity index (χ1) is 9.59. The predicted octanol–water partition coefficient (Wildman–Crippen LogP) is 3.72. The highest BCUT2D eigenvalue weighted by atomic mass is 16.2. The number of rotatable bonds is 3. The molecule has 1 aliphatic rings. The van der Waals surface area contributed by atoms with Crippen LogP contribution in [0.2, 0.25) is 0 Å². The number of aryl methyl sites for hydroxylation is 1. The van der Waals surface area contributed by atoms with Crippen LogP contribution >= 0.6 is 0 Å². The number of para-hydroxylation sites is 1. The molecule has 2 aromatic rings. The van der Waals surface area contributed by atoms with Gasteiger partial charge < -0.3 is 9.47 Å². The van der Waals surface area contributed by atoms with Gasteiger partial charge in [0, 0.05) is 30.2 Å². The van der Waals surface area contributed by atoms with Crippen molar-refractivity contribution in [2.75, 3.05) is 11.9 Å². The first-order valence-electron chi connectivity index (χ1n) is 7.11. The van der Waals surface area contributed by atoms with Crippen LogP contribution in [0.15, 0.2) is 36.4 Å². The molecule has 0 unspecified atom stereocenters. The van der Waals surface area contributed by atoms with Crippen LogP contribution < -0.4 is 4.90 Å². The maximum Gasteiger partial charge on any atom is 0.259 e. The molecule has 0 N–H and O–H groups in total. The van der Waals surface area contributed by atoms with Crippen molar-refractivity contribution in [1.29, 1.82) is 0 Å². The molecule has 1 saturated carbocycles. The highest BCUT2D eigenvalue weighted by Crippen LogP contribution is 2.38. The van der Waals surface area contributed by atoms with E-state index in [-0.39, 0.29) is 5.91 Å². The molecule has 0 bridgehead atoms. The van der Waals surface area contributed by atoms with Crippen LogP contribution in [-0.2, 0) is 0 Å². The molecule has 0 aliphatic heterocycles. The molecule has 0 radical (unpaired) electrons. The summed E-state index contributed by atoms with van der Waals surface area (Å²) in [6.07, 6.45) is 2.47. The first kappa shape index (κ1) is 13.0. The van der Waals surface area contributed by atoms with Crippen LogP contribution in [-0.4, -0.2) is 17.5 Å². The van der Waals surface area contributed by atoms with Gasteiger partial charge >= 0.3 is 0 Å². The molecule has 1 aliphatic carbocycles. The number of carbonyl (C=O) groups excluding carboxylic acids is 1. The van der Waals surface area contributed by atoms with Gasteiger partial charge in [0.2, 0.25) is 0 Å². The van der Waals surface area contributed by atoms with E-state index in [1.165, 1.54) is 18.5 Å². The zero-order chi connectivity index (χ0) is 14.3. The van der Waals surface area contributed by atoms with E-state index in [1.54, 1.807) is 4.90 Å². The van der Waals surface area contributed by atoms with Crippen molar-refractivity contribution in [2.45, 2.75) is 32.7 Å². The van der Waals surface area contributed by atoms with E-state index in [2.05, 4.69) is 18.4 Å². The van der Waals surface area contributed by atoms with Gasteiger partial charge in [0.05, 0.1) is 5.56 Å². The molecule has 1 aromatic heterocycles. The minimum absolute atomic E-state index is 0.0659. The summed E-state index contributed by atoms with van der Waals surface area (Å²) in [5.41, 5.74) is 4.03. The summed E-state index contributed by atoms with van der Waals surface area (Å²) in [6, 6.07) is 12.4. The van der Waals surface area contributed by atoms with Crippen LogP contribution in [0.25, 0.3) is 0 Å². The van der Waals surface area contributed by atoms with Gasteiger partial charge in [0.1, 0.15) is 0 Å². The van der Waals surface area contributed by atoms with Gasteiger partial charge in [-0.25, -0.2) is 0 Å². The largest absolute Gasteiger partial charge is 0.345 e. The van der Waals surface area contributed by atoms with E-state index in [0.29, 0.717) is 6.04 Å². The molecular formula is C17H20N2O. The molecule has 1 heterocycles. The summed E-state index contributed by atoms with van der Waals surface area (Å²) in [6.45, 7) is 4.14. The maximum absolute atomic E-state index is 12.7. The lowest BCUT2D eigenvalue weighted by Crippen LogP contribution is -2.26. The quantitative estimate of drug-likeness (QED) is 0.833. The molecule has 3 heteroatoms. The van der Waals surface area contributed by atoms with E-state index >= 15 is 0 Å². The van der Waals surface area contributed by atoms with E-state index in [4.69, 9.17) is 0 Å². The Kier molecular flexibility index (Phi) is 3.13. The van der Waals surface area contributed by atoms with Crippen LogP contribution in [0.3, 0.4) is 0 Å². The molecule has 1 amide bonds. The van der Waals surface area contributed by atoms with E-state index in [0.717, 1.165) is 16.9 Å². The van der Waals surface area contributed by atoms with Crippen molar-refractivity contribution in [3.63, 3.8) is 0 Å². The first-order valence-corrected chi connectivity index (χ1v) is 7.11. The SMILES string of the molecule is Cc1cc(C(=O)N(C)c2ccccc2)c(C)n1C1CC1. The zero-order valence-electron chi connectivity index (χ0n) is 12.3. The molecule has 1 fully saturated rings. The summed E-state index contributed by atoms with van der Waals surface area (Å²) in [5, 5.41) is 0. The Balaban J connectivity index is 1.93. The predicted molar refractivity (Wildman–Crippen MR) is 81.4 cm³/mol. The Morgan fingerprint density at radius 3 is 2.45 bits per heavy atom. The fourth-order valence-electron chi connectivity index (χ4n) is 2.84. The van der Waals surface area contributed by atoms with E-state index in [1.807, 2.05) is 43.4 Å². The minimum Gasteiger partial charge on any atom is -0.345 e. The molecular weight excluding hydrogens is 248 g/mol. The standard InChI is InChI=1S/C17H20N2O/c1-12-11-16(13(2)19(12)15-9-10-15)17(20)18(3)14-7-5-4-6-8-14/h4-8,11,15H,9-10H2,1-3H3. The summed E-state index contributed by atoms with van der Waals surface area (Å²) in [4.78, 5) is 14.4. The molecule has 3 rings (SSSR count). The second-order valence-corrected chi connectivity index (χ2v) is 5.59. The average molecular weight is 268 g/mol. The van der Waals surface area contributed by atoms with Gasteiger partial charge in [-0.2, -0.15) is 0 Å². The van der Waals surface area contributed by atoms with Crippen LogP contribution in [0.5, 0.6) is 0 Å². The third-order valence-electron chi connectivity index (χ3n) is 4.07. The number of amides is 1. The number of anilines is 1. The Hall–Kier alpha value is -2.03. The monoisotopic (exact) mass is 268 g/mol. The highest BCUT2D eigenvalue weighted by Gasteiger charge is 2.29. The lowest BCUT2D eigenvalue weighted by Gasteiger charge is -2.17. The van der Waals surface area contributed by atoms with Gasteiger partial charge in [-0.1, -0.05) is 18.2 Å². The van der Waals surface area contributed by atoms with Crippen molar-refractivity contribution in [3.8, 4) is 0 Å². The van der Waals surface area contributed by atoms with Gasteiger partial charge in [0.15, 0.2) is 0 Å². The zero-order valence-corrected chi connectivity index (χ0v) is 12.3. The maximum atomic E-state index is 12.7. The van der Waals surface area contributed by atoms with Gasteiger partial charge in [-0.15, -0.1) is 0 Å². The normalized spacial score (nSPS) is 14.3. The molecule has 3 nitrogen and oxygen atoms in total. The lowest BCUT2D eigenvalue weighted by atomic mass is 10.2. The molecule has 20 heavy (non-hydrogen) atoms. The molecule has 1 aromatic carbocycles. The van der Waals surface area contributed by atoms with Crippen molar-refractivity contribution in [3.05, 3.63) is 53.3 Å². The molecule has 0 atom stereocenters. The molecule has 0 spiro atoms. The Bertz CT molecular complexity index is 639. The number of hydrogen-bond donors (Lipinski definition) is 0. The van der Waals surface area contributed by atoms with Crippen molar-refractivity contribution in [1.82, 2.24) is 4.57 Å². The van der Waals surface area contributed by atoms with Gasteiger partial charge in [0.25, 0.3) is 5.91 Å².